The fourth-order valence-corrected chi connectivity index (χ4v) is 6.34. The minimum atomic E-state index is -0.777. The van der Waals surface area contributed by atoms with Gasteiger partial charge in [0.25, 0.3) is 0 Å². The quantitative estimate of drug-likeness (QED) is 0.384. The molecule has 2 aromatic rings. The lowest BCUT2D eigenvalue weighted by Crippen LogP contribution is -2.33. The number of carboxylic acids is 1. The van der Waals surface area contributed by atoms with Crippen LogP contribution in [0.25, 0.3) is 6.08 Å². The van der Waals surface area contributed by atoms with Crippen molar-refractivity contribution in [1.29, 1.82) is 0 Å². The lowest BCUT2D eigenvalue weighted by molar-refractivity contribution is -0.137. The predicted molar refractivity (Wildman–Crippen MR) is 149 cm³/mol. The monoisotopic (exact) mass is 505 g/mol. The third-order valence-electron chi connectivity index (χ3n) is 8.84. The SMILES string of the molecule is CCC(CC)(c1ccc(/C=C/C2(O)CCOCC2)c(C)c1)c1ccc(C2CC(CC(=O)O)CN2)c(C)c1. The molecule has 0 amide bonds. The molecule has 5 heteroatoms. The zero-order valence-electron chi connectivity index (χ0n) is 22.8. The number of rotatable bonds is 9. The first-order valence-corrected chi connectivity index (χ1v) is 13.9. The van der Waals surface area contributed by atoms with Crippen LogP contribution >= 0.6 is 0 Å². The van der Waals surface area contributed by atoms with Gasteiger partial charge in [0.15, 0.2) is 0 Å². The second-order valence-corrected chi connectivity index (χ2v) is 11.1. The van der Waals surface area contributed by atoms with E-state index in [1.54, 1.807) is 0 Å². The normalized spacial score (nSPS) is 22.0. The van der Waals surface area contributed by atoms with Crippen LogP contribution in [0.4, 0.5) is 0 Å². The number of hydrogen-bond acceptors (Lipinski definition) is 4. The van der Waals surface area contributed by atoms with Gasteiger partial charge in [0.2, 0.25) is 0 Å². The van der Waals surface area contributed by atoms with E-state index in [9.17, 15) is 9.90 Å². The van der Waals surface area contributed by atoms with Crippen molar-refractivity contribution in [2.75, 3.05) is 19.8 Å². The first-order valence-electron chi connectivity index (χ1n) is 13.9. The lowest BCUT2D eigenvalue weighted by atomic mass is 9.69. The fourth-order valence-electron chi connectivity index (χ4n) is 6.34. The highest BCUT2D eigenvalue weighted by molar-refractivity contribution is 5.67. The van der Waals surface area contributed by atoms with Crippen molar-refractivity contribution in [1.82, 2.24) is 5.32 Å². The Morgan fingerprint density at radius 2 is 1.73 bits per heavy atom. The molecule has 0 spiro atoms. The highest BCUT2D eigenvalue weighted by Gasteiger charge is 2.33. The third-order valence-corrected chi connectivity index (χ3v) is 8.84. The first kappa shape index (κ1) is 27.6. The predicted octanol–water partition coefficient (Wildman–Crippen LogP) is 6.09. The molecule has 37 heavy (non-hydrogen) atoms. The number of ether oxygens (including phenoxy) is 1. The number of aliphatic hydroxyl groups is 1. The van der Waals surface area contributed by atoms with E-state index in [4.69, 9.17) is 9.84 Å². The Bertz CT molecular complexity index is 1130. The van der Waals surface area contributed by atoms with Gasteiger partial charge in [0, 0.05) is 43.9 Å². The summed E-state index contributed by atoms with van der Waals surface area (Å²) < 4.78 is 5.40. The van der Waals surface area contributed by atoms with E-state index >= 15 is 0 Å². The Kier molecular flexibility index (Phi) is 8.57. The molecule has 200 valence electrons. The van der Waals surface area contributed by atoms with Crippen LogP contribution in [0.5, 0.6) is 0 Å². The number of aryl methyl sites for hydroxylation is 2. The van der Waals surface area contributed by atoms with E-state index in [-0.39, 0.29) is 23.8 Å². The number of carbonyl (C=O) groups is 1. The molecular formula is C32H43NO4. The largest absolute Gasteiger partial charge is 0.481 e. The number of hydrogen-bond donors (Lipinski definition) is 3. The molecule has 2 unspecified atom stereocenters. The van der Waals surface area contributed by atoms with Crippen LogP contribution in [-0.2, 0) is 14.9 Å². The molecule has 2 aromatic carbocycles. The summed E-state index contributed by atoms with van der Waals surface area (Å²) in [5, 5.41) is 23.5. The summed E-state index contributed by atoms with van der Waals surface area (Å²) in [4.78, 5) is 11.1. The summed E-state index contributed by atoms with van der Waals surface area (Å²) in [7, 11) is 0. The summed E-state index contributed by atoms with van der Waals surface area (Å²) in [5.41, 5.74) is 6.69. The Hall–Kier alpha value is -2.47. The maximum absolute atomic E-state index is 11.1. The van der Waals surface area contributed by atoms with Crippen LogP contribution < -0.4 is 5.32 Å². The molecule has 0 aliphatic carbocycles. The van der Waals surface area contributed by atoms with Gasteiger partial charge in [-0.05, 0) is 79.0 Å². The first-order chi connectivity index (χ1) is 17.7. The average Bonchev–Trinajstić information content (AvgIpc) is 3.32. The number of nitrogens with one attached hydrogen (secondary N) is 1. The Balaban J connectivity index is 1.58. The zero-order valence-corrected chi connectivity index (χ0v) is 22.8. The van der Waals surface area contributed by atoms with Gasteiger partial charge in [-0.15, -0.1) is 0 Å². The van der Waals surface area contributed by atoms with E-state index in [2.05, 4.69) is 75.5 Å². The van der Waals surface area contributed by atoms with Crippen LogP contribution in [0.15, 0.2) is 42.5 Å². The summed E-state index contributed by atoms with van der Waals surface area (Å²) in [5.74, 6) is -0.527. The Labute approximate surface area is 221 Å². The molecule has 2 atom stereocenters. The second-order valence-electron chi connectivity index (χ2n) is 11.1. The molecule has 3 N–H and O–H groups in total. The zero-order chi connectivity index (χ0) is 26.6. The van der Waals surface area contributed by atoms with Gasteiger partial charge in [-0.3, -0.25) is 4.79 Å². The molecule has 2 fully saturated rings. The molecule has 2 aliphatic heterocycles. The van der Waals surface area contributed by atoms with Gasteiger partial charge < -0.3 is 20.3 Å². The van der Waals surface area contributed by atoms with E-state index in [1.165, 1.54) is 27.8 Å². The topological polar surface area (TPSA) is 78.8 Å². The summed E-state index contributed by atoms with van der Waals surface area (Å²) in [6.45, 7) is 10.8. The molecule has 5 nitrogen and oxygen atoms in total. The van der Waals surface area contributed by atoms with Crippen molar-refractivity contribution in [3.05, 3.63) is 75.9 Å². The van der Waals surface area contributed by atoms with Crippen molar-refractivity contribution in [3.63, 3.8) is 0 Å². The summed E-state index contributed by atoms with van der Waals surface area (Å²) in [6, 6.07) is 13.9. The van der Waals surface area contributed by atoms with Crippen LogP contribution in [0.1, 0.15) is 91.8 Å². The third kappa shape index (κ3) is 6.00. The van der Waals surface area contributed by atoms with Gasteiger partial charge in [-0.2, -0.15) is 0 Å². The van der Waals surface area contributed by atoms with E-state index in [0.29, 0.717) is 26.1 Å². The van der Waals surface area contributed by atoms with Crippen molar-refractivity contribution < 1.29 is 19.7 Å². The Morgan fingerprint density at radius 1 is 1.08 bits per heavy atom. The van der Waals surface area contributed by atoms with Gasteiger partial charge >= 0.3 is 5.97 Å². The van der Waals surface area contributed by atoms with Crippen LogP contribution in [0.3, 0.4) is 0 Å². The number of benzene rings is 2. The second kappa shape index (κ2) is 11.5. The minimum Gasteiger partial charge on any atom is -0.481 e. The van der Waals surface area contributed by atoms with Crippen molar-refractivity contribution in [2.24, 2.45) is 5.92 Å². The smallest absolute Gasteiger partial charge is 0.303 e. The van der Waals surface area contributed by atoms with Crippen molar-refractivity contribution in [3.8, 4) is 0 Å². The maximum atomic E-state index is 11.1. The van der Waals surface area contributed by atoms with Crippen LogP contribution in [0, 0.1) is 19.8 Å². The maximum Gasteiger partial charge on any atom is 0.303 e. The van der Waals surface area contributed by atoms with Gasteiger partial charge in [-0.1, -0.05) is 62.4 Å². The lowest BCUT2D eigenvalue weighted by Gasteiger charge is -2.34. The van der Waals surface area contributed by atoms with Crippen molar-refractivity contribution >= 4 is 12.0 Å². The molecule has 2 saturated heterocycles. The van der Waals surface area contributed by atoms with Gasteiger partial charge in [0.1, 0.15) is 0 Å². The Morgan fingerprint density at radius 3 is 2.32 bits per heavy atom. The molecule has 0 bridgehead atoms. The fraction of sp³-hybridized carbons (Fsp3) is 0.531. The molecular weight excluding hydrogens is 462 g/mol. The summed E-state index contributed by atoms with van der Waals surface area (Å²) >= 11 is 0. The van der Waals surface area contributed by atoms with Gasteiger partial charge in [-0.25, -0.2) is 0 Å². The average molecular weight is 506 g/mol. The van der Waals surface area contributed by atoms with E-state index in [0.717, 1.165) is 31.4 Å². The molecule has 4 rings (SSSR count). The highest BCUT2D eigenvalue weighted by Crippen LogP contribution is 2.41. The van der Waals surface area contributed by atoms with Crippen molar-refractivity contribution in [2.45, 2.75) is 83.3 Å². The van der Waals surface area contributed by atoms with Gasteiger partial charge in [0.05, 0.1) is 5.60 Å². The van der Waals surface area contributed by atoms with Crippen LogP contribution in [0.2, 0.25) is 0 Å². The van der Waals surface area contributed by atoms with E-state index in [1.807, 2.05) is 6.08 Å². The number of aliphatic carboxylic acids is 1. The molecule has 0 radical (unpaired) electrons. The molecule has 2 aliphatic rings. The van der Waals surface area contributed by atoms with Crippen LogP contribution in [-0.4, -0.2) is 41.5 Å². The standard InChI is InChI=1S/C32H43NO4/c1-5-32(6-2,26-8-7-25(22(3)17-26)11-12-31(36)13-15-37-16-14-31)27-9-10-28(23(4)18-27)29-19-24(21-33-29)20-30(34)35/h7-12,17-18,24,29,33,36H,5-6,13-16,19-21H2,1-4H3,(H,34,35)/b12-11+. The minimum absolute atomic E-state index is 0.0792. The van der Waals surface area contributed by atoms with E-state index < -0.39 is 11.6 Å². The molecule has 2 heterocycles. The highest BCUT2D eigenvalue weighted by atomic mass is 16.5. The number of carboxylic acid groups (broad SMARTS) is 1. The molecule has 0 saturated carbocycles. The summed E-state index contributed by atoms with van der Waals surface area (Å²) in [6.07, 6.45) is 8.39. The molecule has 0 aromatic heterocycles.